The average molecular weight is 262 g/mol. The minimum absolute atomic E-state index is 0.577. The van der Waals surface area contributed by atoms with Gasteiger partial charge in [0.15, 0.2) is 0 Å². The molecule has 0 aromatic carbocycles. The number of nitrogens with zero attached hydrogens (tertiary/aromatic N) is 3. The van der Waals surface area contributed by atoms with Crippen molar-refractivity contribution in [3.63, 3.8) is 0 Å². The molecule has 4 nitrogen and oxygen atoms in total. The second-order valence-electron chi connectivity index (χ2n) is 6.61. The van der Waals surface area contributed by atoms with Crippen molar-refractivity contribution in [2.24, 2.45) is 5.92 Å². The minimum Gasteiger partial charge on any atom is -0.352 e. The maximum atomic E-state index is 4.65. The van der Waals surface area contributed by atoms with Crippen LogP contribution in [0, 0.1) is 12.8 Å². The summed E-state index contributed by atoms with van der Waals surface area (Å²) in [6.45, 7) is 10.1. The van der Waals surface area contributed by atoms with Gasteiger partial charge in [-0.15, -0.1) is 0 Å². The quantitative estimate of drug-likeness (QED) is 0.885. The van der Waals surface area contributed by atoms with Crippen LogP contribution in [0.2, 0.25) is 0 Å². The van der Waals surface area contributed by atoms with Gasteiger partial charge in [-0.25, -0.2) is 4.98 Å². The first kappa shape index (κ1) is 13.0. The summed E-state index contributed by atoms with van der Waals surface area (Å²) in [7, 11) is 0. The average Bonchev–Trinajstić information content (AvgIpc) is 2.99. The first-order valence-electron chi connectivity index (χ1n) is 7.66. The molecule has 1 saturated heterocycles. The topological polar surface area (TPSA) is 33.1 Å². The van der Waals surface area contributed by atoms with Crippen LogP contribution in [-0.2, 0) is 6.54 Å². The molecule has 1 unspecified atom stereocenters. The Morgan fingerprint density at radius 2 is 2.16 bits per heavy atom. The van der Waals surface area contributed by atoms with Crippen molar-refractivity contribution in [1.82, 2.24) is 14.5 Å². The van der Waals surface area contributed by atoms with E-state index < -0.39 is 0 Å². The van der Waals surface area contributed by atoms with E-state index in [0.29, 0.717) is 12.0 Å². The second kappa shape index (κ2) is 5.16. The van der Waals surface area contributed by atoms with Crippen molar-refractivity contribution in [3.8, 4) is 0 Å². The Morgan fingerprint density at radius 1 is 1.37 bits per heavy atom. The molecule has 1 aromatic rings. The van der Waals surface area contributed by atoms with Gasteiger partial charge in [-0.1, -0.05) is 13.8 Å². The Morgan fingerprint density at radius 3 is 2.84 bits per heavy atom. The summed E-state index contributed by atoms with van der Waals surface area (Å²) in [5.74, 6) is 1.72. The first-order chi connectivity index (χ1) is 9.11. The van der Waals surface area contributed by atoms with Gasteiger partial charge < -0.3 is 9.88 Å². The predicted molar refractivity (Wildman–Crippen MR) is 78.4 cm³/mol. The number of nitrogens with one attached hydrogen (secondary N) is 1. The number of anilines is 1. The molecule has 0 radical (unpaired) electrons. The van der Waals surface area contributed by atoms with Gasteiger partial charge >= 0.3 is 0 Å². The Labute approximate surface area is 116 Å². The summed E-state index contributed by atoms with van der Waals surface area (Å²) >= 11 is 0. The number of aryl methyl sites for hydroxylation is 1. The van der Waals surface area contributed by atoms with E-state index in [2.05, 4.69) is 46.7 Å². The van der Waals surface area contributed by atoms with E-state index in [-0.39, 0.29) is 0 Å². The van der Waals surface area contributed by atoms with Crippen molar-refractivity contribution >= 4 is 5.95 Å². The highest BCUT2D eigenvalue weighted by Crippen LogP contribution is 2.30. The lowest BCUT2D eigenvalue weighted by Crippen LogP contribution is -2.28. The van der Waals surface area contributed by atoms with E-state index in [1.54, 1.807) is 0 Å². The van der Waals surface area contributed by atoms with Gasteiger partial charge in [0.05, 0.1) is 5.69 Å². The number of hydrogen-bond donors (Lipinski definition) is 1. The molecule has 2 aliphatic rings. The zero-order valence-electron chi connectivity index (χ0n) is 12.4. The lowest BCUT2D eigenvalue weighted by Gasteiger charge is -2.17. The van der Waals surface area contributed by atoms with Crippen LogP contribution in [0.15, 0.2) is 6.20 Å². The fourth-order valence-electron chi connectivity index (χ4n) is 3.05. The molecule has 3 rings (SSSR count). The van der Waals surface area contributed by atoms with E-state index in [4.69, 9.17) is 0 Å². The van der Waals surface area contributed by atoms with E-state index in [1.807, 2.05) is 0 Å². The van der Waals surface area contributed by atoms with Crippen molar-refractivity contribution in [3.05, 3.63) is 11.9 Å². The predicted octanol–water partition coefficient (Wildman–Crippen LogP) is 2.50. The second-order valence-corrected chi connectivity index (χ2v) is 6.61. The van der Waals surface area contributed by atoms with Crippen LogP contribution >= 0.6 is 0 Å². The molecule has 0 amide bonds. The van der Waals surface area contributed by atoms with E-state index in [9.17, 15) is 0 Å². The van der Waals surface area contributed by atoms with E-state index >= 15 is 0 Å². The summed E-state index contributed by atoms with van der Waals surface area (Å²) < 4.78 is 2.28. The molecule has 0 spiro atoms. The van der Waals surface area contributed by atoms with Crippen LogP contribution in [-0.4, -0.2) is 39.6 Å². The molecule has 2 heterocycles. The maximum absolute atomic E-state index is 4.65. The molecular formula is C15H26N4. The van der Waals surface area contributed by atoms with Crippen molar-refractivity contribution in [2.45, 2.75) is 58.7 Å². The molecule has 1 N–H and O–H groups in total. The van der Waals surface area contributed by atoms with Gasteiger partial charge in [0.2, 0.25) is 5.95 Å². The smallest absolute Gasteiger partial charge is 0.203 e. The molecule has 106 valence electrons. The normalized spacial score (nSPS) is 24.3. The van der Waals surface area contributed by atoms with Crippen LogP contribution < -0.4 is 5.32 Å². The number of aromatic nitrogens is 2. The molecule has 1 atom stereocenters. The van der Waals surface area contributed by atoms with Crippen LogP contribution in [0.5, 0.6) is 0 Å². The fourth-order valence-corrected chi connectivity index (χ4v) is 3.05. The number of imidazole rings is 1. The molecule has 2 fully saturated rings. The Bertz CT molecular complexity index is 433. The minimum atomic E-state index is 0.577. The van der Waals surface area contributed by atoms with Gasteiger partial charge in [0.1, 0.15) is 0 Å². The van der Waals surface area contributed by atoms with Gasteiger partial charge in [0, 0.05) is 37.9 Å². The highest BCUT2D eigenvalue weighted by molar-refractivity contribution is 5.31. The zero-order valence-corrected chi connectivity index (χ0v) is 12.4. The van der Waals surface area contributed by atoms with Crippen molar-refractivity contribution < 1.29 is 0 Å². The lowest BCUT2D eigenvalue weighted by molar-refractivity contribution is 0.326. The summed E-state index contributed by atoms with van der Waals surface area (Å²) in [5.41, 5.74) is 1.11. The lowest BCUT2D eigenvalue weighted by atomic mass is 10.2. The summed E-state index contributed by atoms with van der Waals surface area (Å²) in [6, 6.07) is 1.47. The first-order valence-corrected chi connectivity index (χ1v) is 7.66. The number of likely N-dealkylation sites (tertiary alicyclic amines) is 1. The highest BCUT2D eigenvalue weighted by atomic mass is 15.3. The Hall–Kier alpha value is -1.03. The van der Waals surface area contributed by atoms with E-state index in [1.165, 1.54) is 32.4 Å². The van der Waals surface area contributed by atoms with Crippen molar-refractivity contribution in [2.75, 3.05) is 18.4 Å². The Kier molecular flexibility index (Phi) is 3.52. The van der Waals surface area contributed by atoms with Crippen LogP contribution in [0.1, 0.15) is 38.8 Å². The maximum Gasteiger partial charge on any atom is 0.203 e. The van der Waals surface area contributed by atoms with E-state index in [0.717, 1.165) is 24.2 Å². The summed E-state index contributed by atoms with van der Waals surface area (Å²) in [6.07, 6.45) is 6.24. The van der Waals surface area contributed by atoms with Crippen molar-refractivity contribution in [1.29, 1.82) is 0 Å². The number of hydrogen-bond acceptors (Lipinski definition) is 3. The third-order valence-electron chi connectivity index (χ3n) is 4.07. The Balaban J connectivity index is 1.62. The molecule has 1 aliphatic carbocycles. The molecule has 19 heavy (non-hydrogen) atoms. The monoisotopic (exact) mass is 262 g/mol. The SMILES string of the molecule is Cc1cn(CC(C)C)c(NC2CCN(C3CC3)C2)n1. The van der Waals surface area contributed by atoms with Gasteiger partial charge in [-0.2, -0.15) is 0 Å². The third-order valence-corrected chi connectivity index (χ3v) is 4.07. The standard InChI is InChI=1S/C15H26N4/c1-11(2)8-19-9-12(3)16-15(19)17-13-6-7-18(10-13)14-4-5-14/h9,11,13-14H,4-8,10H2,1-3H3,(H,16,17). The summed E-state index contributed by atoms with van der Waals surface area (Å²) in [4.78, 5) is 7.29. The molecule has 1 saturated carbocycles. The molecule has 1 aromatic heterocycles. The molecule has 4 heteroatoms. The zero-order chi connectivity index (χ0) is 13.4. The number of rotatable bonds is 5. The van der Waals surface area contributed by atoms with Crippen LogP contribution in [0.25, 0.3) is 0 Å². The van der Waals surface area contributed by atoms with Gasteiger partial charge in [0.25, 0.3) is 0 Å². The largest absolute Gasteiger partial charge is 0.352 e. The van der Waals surface area contributed by atoms with Crippen LogP contribution in [0.4, 0.5) is 5.95 Å². The molecular weight excluding hydrogens is 236 g/mol. The highest BCUT2D eigenvalue weighted by Gasteiger charge is 2.34. The fraction of sp³-hybridized carbons (Fsp3) is 0.800. The van der Waals surface area contributed by atoms with Gasteiger partial charge in [-0.3, -0.25) is 4.90 Å². The van der Waals surface area contributed by atoms with Gasteiger partial charge in [-0.05, 0) is 32.1 Å². The third kappa shape index (κ3) is 3.11. The van der Waals surface area contributed by atoms with Crippen LogP contribution in [0.3, 0.4) is 0 Å². The molecule has 0 bridgehead atoms. The summed E-state index contributed by atoms with van der Waals surface area (Å²) in [5, 5.41) is 3.66. The molecule has 1 aliphatic heterocycles.